The highest BCUT2D eigenvalue weighted by atomic mass is 16.6. The summed E-state index contributed by atoms with van der Waals surface area (Å²) in [5.74, 6) is 0.327. The Bertz CT molecular complexity index is 455. The molecule has 142 valence electrons. The molecule has 0 bridgehead atoms. The van der Waals surface area contributed by atoms with Gasteiger partial charge in [-0.25, -0.2) is 4.79 Å². The molecule has 1 aliphatic carbocycles. The minimum absolute atomic E-state index is 0.198. The summed E-state index contributed by atoms with van der Waals surface area (Å²) in [5.41, 5.74) is 0. The number of nitrogens with zero attached hydrogens (tertiary/aromatic N) is 2. The lowest BCUT2D eigenvalue weighted by atomic mass is 10.0. The maximum absolute atomic E-state index is 12.5. The Labute approximate surface area is 151 Å². The second-order valence-electron chi connectivity index (χ2n) is 7.72. The van der Waals surface area contributed by atoms with Gasteiger partial charge in [-0.2, -0.15) is 0 Å². The Morgan fingerprint density at radius 1 is 1.08 bits per heavy atom. The number of ether oxygens (including phenoxy) is 1. The first-order valence-corrected chi connectivity index (χ1v) is 10.1. The fourth-order valence-corrected chi connectivity index (χ4v) is 4.54. The van der Waals surface area contributed by atoms with Crippen LogP contribution in [-0.4, -0.2) is 66.2 Å². The molecule has 2 saturated heterocycles. The lowest BCUT2D eigenvalue weighted by molar-refractivity contribution is -0.129. The minimum Gasteiger partial charge on any atom is -0.450 e. The van der Waals surface area contributed by atoms with Crippen molar-refractivity contribution in [1.82, 2.24) is 15.1 Å². The Morgan fingerprint density at radius 3 is 2.40 bits per heavy atom. The highest BCUT2D eigenvalue weighted by Crippen LogP contribution is 2.26. The van der Waals surface area contributed by atoms with Crippen LogP contribution in [-0.2, 0) is 9.53 Å². The summed E-state index contributed by atoms with van der Waals surface area (Å²) in [6, 6.07) is 1.14. The standard InChI is InChI=1S/C19H33N3O3/c1-2-25-19(24)21-11-9-15(10-12-21)20-16-13-18(23)22(14-16)17-7-5-3-4-6-8-17/h15-17,20H,2-14H2,1H3. The fraction of sp³-hybridized carbons (Fsp3) is 0.895. The zero-order chi connectivity index (χ0) is 17.6. The lowest BCUT2D eigenvalue weighted by Gasteiger charge is -2.33. The molecule has 0 spiro atoms. The van der Waals surface area contributed by atoms with Gasteiger partial charge in [-0.1, -0.05) is 25.7 Å². The van der Waals surface area contributed by atoms with Gasteiger partial charge >= 0.3 is 6.09 Å². The van der Waals surface area contributed by atoms with Crippen LogP contribution in [0.4, 0.5) is 4.79 Å². The van der Waals surface area contributed by atoms with E-state index in [0.717, 1.165) is 32.5 Å². The van der Waals surface area contributed by atoms with Crippen molar-refractivity contribution in [3.63, 3.8) is 0 Å². The van der Waals surface area contributed by atoms with Crippen molar-refractivity contribution in [3.05, 3.63) is 0 Å². The van der Waals surface area contributed by atoms with E-state index < -0.39 is 0 Å². The summed E-state index contributed by atoms with van der Waals surface area (Å²) in [6.07, 6.45) is 9.83. The van der Waals surface area contributed by atoms with Crippen LogP contribution in [0.15, 0.2) is 0 Å². The van der Waals surface area contributed by atoms with Gasteiger partial charge in [0.1, 0.15) is 0 Å². The predicted molar refractivity (Wildman–Crippen MR) is 96.4 cm³/mol. The summed E-state index contributed by atoms with van der Waals surface area (Å²) in [7, 11) is 0. The van der Waals surface area contributed by atoms with Crippen LogP contribution >= 0.6 is 0 Å². The van der Waals surface area contributed by atoms with Gasteiger partial charge in [0.05, 0.1) is 6.61 Å². The number of hydrogen-bond acceptors (Lipinski definition) is 4. The number of nitrogens with one attached hydrogen (secondary N) is 1. The van der Waals surface area contributed by atoms with Gasteiger partial charge in [-0.15, -0.1) is 0 Å². The van der Waals surface area contributed by atoms with Crippen molar-refractivity contribution in [2.45, 2.75) is 82.8 Å². The molecule has 1 N–H and O–H groups in total. The van der Waals surface area contributed by atoms with E-state index in [1.54, 1.807) is 4.90 Å². The van der Waals surface area contributed by atoms with E-state index in [9.17, 15) is 9.59 Å². The van der Waals surface area contributed by atoms with E-state index in [4.69, 9.17) is 4.74 Å². The molecular formula is C19H33N3O3. The maximum Gasteiger partial charge on any atom is 0.409 e. The van der Waals surface area contributed by atoms with Gasteiger partial charge in [0.15, 0.2) is 0 Å². The van der Waals surface area contributed by atoms with E-state index in [1.807, 2.05) is 6.92 Å². The van der Waals surface area contributed by atoms with Gasteiger partial charge in [-0.05, 0) is 32.6 Å². The Kier molecular flexibility index (Phi) is 6.57. The van der Waals surface area contributed by atoms with Crippen molar-refractivity contribution >= 4 is 12.0 Å². The third-order valence-electron chi connectivity index (χ3n) is 5.92. The van der Waals surface area contributed by atoms with Crippen molar-refractivity contribution < 1.29 is 14.3 Å². The minimum atomic E-state index is -0.198. The molecule has 0 aromatic heterocycles. The fourth-order valence-electron chi connectivity index (χ4n) is 4.54. The lowest BCUT2D eigenvalue weighted by Crippen LogP contribution is -2.48. The predicted octanol–water partition coefficient (Wildman–Crippen LogP) is 2.52. The molecule has 3 fully saturated rings. The second kappa shape index (κ2) is 8.88. The number of carbonyl (C=O) groups excluding carboxylic acids is 2. The summed E-state index contributed by atoms with van der Waals surface area (Å²) in [6.45, 7) is 4.61. The average Bonchev–Trinajstić information content (AvgIpc) is 2.81. The quantitative estimate of drug-likeness (QED) is 0.791. The number of rotatable bonds is 4. The molecule has 3 rings (SSSR count). The molecule has 3 aliphatic rings. The summed E-state index contributed by atoms with van der Waals surface area (Å²) >= 11 is 0. The summed E-state index contributed by atoms with van der Waals surface area (Å²) in [5, 5.41) is 3.68. The van der Waals surface area contributed by atoms with Gasteiger partial charge in [0, 0.05) is 44.2 Å². The Hall–Kier alpha value is -1.30. The molecule has 1 saturated carbocycles. The van der Waals surface area contributed by atoms with Gasteiger partial charge in [0.25, 0.3) is 0 Å². The number of likely N-dealkylation sites (tertiary alicyclic amines) is 2. The zero-order valence-corrected chi connectivity index (χ0v) is 15.5. The third kappa shape index (κ3) is 4.87. The van der Waals surface area contributed by atoms with E-state index in [1.165, 1.54) is 38.5 Å². The van der Waals surface area contributed by atoms with Crippen molar-refractivity contribution in [3.8, 4) is 0 Å². The van der Waals surface area contributed by atoms with Crippen LogP contribution in [0, 0.1) is 0 Å². The van der Waals surface area contributed by atoms with Crippen molar-refractivity contribution in [2.24, 2.45) is 0 Å². The van der Waals surface area contributed by atoms with E-state index in [0.29, 0.717) is 31.0 Å². The summed E-state index contributed by atoms with van der Waals surface area (Å²) < 4.78 is 5.07. The first-order valence-electron chi connectivity index (χ1n) is 10.1. The van der Waals surface area contributed by atoms with Crippen molar-refractivity contribution in [2.75, 3.05) is 26.2 Å². The Balaban J connectivity index is 1.43. The zero-order valence-electron chi connectivity index (χ0n) is 15.5. The van der Waals surface area contributed by atoms with Crippen LogP contribution in [0.2, 0.25) is 0 Å². The monoisotopic (exact) mass is 351 g/mol. The van der Waals surface area contributed by atoms with Gasteiger partial charge in [0.2, 0.25) is 5.91 Å². The maximum atomic E-state index is 12.5. The van der Waals surface area contributed by atoms with Crippen LogP contribution in [0.25, 0.3) is 0 Å². The van der Waals surface area contributed by atoms with Crippen LogP contribution < -0.4 is 5.32 Å². The first-order chi connectivity index (χ1) is 12.2. The number of piperidine rings is 1. The molecule has 6 heteroatoms. The molecule has 0 radical (unpaired) electrons. The van der Waals surface area contributed by atoms with E-state index >= 15 is 0 Å². The average molecular weight is 351 g/mol. The summed E-state index contributed by atoms with van der Waals surface area (Å²) in [4.78, 5) is 28.2. The molecule has 6 nitrogen and oxygen atoms in total. The molecule has 2 amide bonds. The molecule has 2 aliphatic heterocycles. The molecule has 0 aromatic rings. The normalized spacial score (nSPS) is 26.8. The number of carbonyl (C=O) groups is 2. The van der Waals surface area contributed by atoms with Gasteiger partial charge in [-0.3, -0.25) is 4.79 Å². The van der Waals surface area contributed by atoms with Crippen LogP contribution in [0.5, 0.6) is 0 Å². The first kappa shape index (κ1) is 18.5. The number of hydrogen-bond donors (Lipinski definition) is 1. The topological polar surface area (TPSA) is 61.9 Å². The molecule has 0 aromatic carbocycles. The largest absolute Gasteiger partial charge is 0.450 e. The molecule has 1 atom stereocenters. The molecular weight excluding hydrogens is 318 g/mol. The van der Waals surface area contributed by atoms with Crippen molar-refractivity contribution in [1.29, 1.82) is 0 Å². The highest BCUT2D eigenvalue weighted by Gasteiger charge is 2.35. The molecule has 25 heavy (non-hydrogen) atoms. The second-order valence-corrected chi connectivity index (χ2v) is 7.72. The highest BCUT2D eigenvalue weighted by molar-refractivity contribution is 5.79. The molecule has 2 heterocycles. The van der Waals surface area contributed by atoms with E-state index in [2.05, 4.69) is 10.2 Å². The Morgan fingerprint density at radius 2 is 1.76 bits per heavy atom. The van der Waals surface area contributed by atoms with E-state index in [-0.39, 0.29) is 12.1 Å². The SMILES string of the molecule is CCOC(=O)N1CCC(NC2CC(=O)N(C3CCCCCC3)C2)CC1. The molecule has 1 unspecified atom stereocenters. The smallest absolute Gasteiger partial charge is 0.409 e. The third-order valence-corrected chi connectivity index (χ3v) is 5.92. The number of amides is 2. The van der Waals surface area contributed by atoms with Crippen LogP contribution in [0.3, 0.4) is 0 Å². The van der Waals surface area contributed by atoms with Gasteiger partial charge < -0.3 is 19.9 Å². The van der Waals surface area contributed by atoms with Crippen LogP contribution in [0.1, 0.15) is 64.7 Å².